The van der Waals surface area contributed by atoms with Crippen molar-refractivity contribution in [2.45, 2.75) is 6.42 Å². The maximum absolute atomic E-state index is 12.0. The number of nitrogen functional groups attached to an aromatic ring is 1. The molecule has 0 radical (unpaired) electrons. The van der Waals surface area contributed by atoms with Crippen LogP contribution in [0.2, 0.25) is 0 Å². The molecule has 2 amide bonds. The predicted molar refractivity (Wildman–Crippen MR) is 75.1 cm³/mol. The first-order valence-electron chi connectivity index (χ1n) is 6.27. The van der Waals surface area contributed by atoms with Crippen molar-refractivity contribution in [1.82, 2.24) is 15.2 Å². The van der Waals surface area contributed by atoms with Crippen molar-refractivity contribution in [3.8, 4) is 0 Å². The van der Waals surface area contributed by atoms with E-state index in [0.29, 0.717) is 18.8 Å². The summed E-state index contributed by atoms with van der Waals surface area (Å²) in [5.74, 6) is -0.538. The fraction of sp³-hybridized carbons (Fsp3) is 0.462. The van der Waals surface area contributed by atoms with Gasteiger partial charge in [0.25, 0.3) is 5.91 Å². The quantitative estimate of drug-likeness (QED) is 0.679. The van der Waals surface area contributed by atoms with Gasteiger partial charge in [0.05, 0.1) is 18.4 Å². The molecule has 0 atom stereocenters. The number of pyridine rings is 1. The molecule has 0 saturated carbocycles. The first-order valence-corrected chi connectivity index (χ1v) is 6.27. The molecule has 20 heavy (non-hydrogen) atoms. The number of carbonyl (C=O) groups is 2. The summed E-state index contributed by atoms with van der Waals surface area (Å²) in [6, 6.07) is 3.13. The highest BCUT2D eigenvalue weighted by atomic mass is 16.5. The van der Waals surface area contributed by atoms with Crippen LogP contribution in [0, 0.1) is 0 Å². The second-order valence-electron chi connectivity index (χ2n) is 4.33. The summed E-state index contributed by atoms with van der Waals surface area (Å²) in [6.07, 6.45) is 2.14. The first kappa shape index (κ1) is 15.9. The van der Waals surface area contributed by atoms with E-state index in [1.807, 2.05) is 0 Å². The summed E-state index contributed by atoms with van der Waals surface area (Å²) in [6.45, 7) is 1.09. The molecular weight excluding hydrogens is 260 g/mol. The van der Waals surface area contributed by atoms with Gasteiger partial charge in [0.15, 0.2) is 0 Å². The molecule has 1 aromatic rings. The Labute approximate surface area is 118 Å². The molecule has 0 aromatic carbocycles. The number of nitrogens with two attached hydrogens (primary N) is 1. The third-order valence-corrected chi connectivity index (χ3v) is 2.58. The van der Waals surface area contributed by atoms with Gasteiger partial charge in [0, 0.05) is 27.3 Å². The number of ether oxygens (including phenoxy) is 1. The number of amides is 2. The molecule has 0 fully saturated rings. The van der Waals surface area contributed by atoms with E-state index in [0.717, 1.165) is 6.42 Å². The SMILES string of the molecule is COCCCNC(=O)CN(C)C(=O)c1ccc(N)cn1. The standard InChI is InChI=1S/C13H20N4O3/c1-17(9-12(18)15-6-3-7-20-2)13(19)11-5-4-10(14)8-16-11/h4-5,8H,3,6-7,9,14H2,1-2H3,(H,15,18). The van der Waals surface area contributed by atoms with Crippen molar-refractivity contribution < 1.29 is 14.3 Å². The highest BCUT2D eigenvalue weighted by Crippen LogP contribution is 2.03. The summed E-state index contributed by atoms with van der Waals surface area (Å²) in [5.41, 5.74) is 6.25. The number of carbonyl (C=O) groups excluding carboxylic acids is 2. The summed E-state index contributed by atoms with van der Waals surface area (Å²) in [7, 11) is 3.16. The van der Waals surface area contributed by atoms with Gasteiger partial charge in [-0.2, -0.15) is 0 Å². The number of rotatable bonds is 7. The minimum Gasteiger partial charge on any atom is -0.397 e. The molecule has 7 heteroatoms. The minimum atomic E-state index is -0.322. The van der Waals surface area contributed by atoms with Gasteiger partial charge in [-0.1, -0.05) is 0 Å². The Morgan fingerprint density at radius 3 is 2.80 bits per heavy atom. The molecular formula is C13H20N4O3. The number of aromatic nitrogens is 1. The van der Waals surface area contributed by atoms with Crippen molar-refractivity contribution in [3.05, 3.63) is 24.0 Å². The molecule has 1 heterocycles. The Balaban J connectivity index is 2.41. The fourth-order valence-electron chi connectivity index (χ4n) is 1.51. The Morgan fingerprint density at radius 1 is 1.45 bits per heavy atom. The highest BCUT2D eigenvalue weighted by molar-refractivity contribution is 5.94. The number of anilines is 1. The molecule has 0 spiro atoms. The smallest absolute Gasteiger partial charge is 0.272 e. The number of nitrogens with zero attached hydrogens (tertiary/aromatic N) is 2. The van der Waals surface area contributed by atoms with Crippen LogP contribution in [0.25, 0.3) is 0 Å². The zero-order valence-corrected chi connectivity index (χ0v) is 11.8. The van der Waals surface area contributed by atoms with Crippen molar-refractivity contribution in [2.24, 2.45) is 0 Å². The number of likely N-dealkylation sites (N-methyl/N-ethyl adjacent to an activating group) is 1. The average molecular weight is 280 g/mol. The Hall–Kier alpha value is -2.15. The topological polar surface area (TPSA) is 97.5 Å². The van der Waals surface area contributed by atoms with Gasteiger partial charge in [-0.3, -0.25) is 9.59 Å². The van der Waals surface area contributed by atoms with Crippen LogP contribution in [-0.2, 0) is 9.53 Å². The second kappa shape index (κ2) is 8.11. The maximum Gasteiger partial charge on any atom is 0.272 e. The van der Waals surface area contributed by atoms with E-state index in [2.05, 4.69) is 10.3 Å². The van der Waals surface area contributed by atoms with Crippen LogP contribution in [-0.4, -0.2) is 55.6 Å². The van der Waals surface area contributed by atoms with E-state index >= 15 is 0 Å². The maximum atomic E-state index is 12.0. The molecule has 1 aromatic heterocycles. The lowest BCUT2D eigenvalue weighted by Gasteiger charge is -2.16. The van der Waals surface area contributed by atoms with Crippen molar-refractivity contribution >= 4 is 17.5 Å². The number of methoxy groups -OCH3 is 1. The molecule has 3 N–H and O–H groups in total. The van der Waals surface area contributed by atoms with E-state index in [1.165, 1.54) is 17.2 Å². The lowest BCUT2D eigenvalue weighted by atomic mass is 10.3. The zero-order valence-electron chi connectivity index (χ0n) is 11.8. The lowest BCUT2D eigenvalue weighted by Crippen LogP contribution is -2.39. The Kier molecular flexibility index (Phi) is 6.45. The summed E-state index contributed by atoms with van der Waals surface area (Å²) < 4.78 is 4.88. The highest BCUT2D eigenvalue weighted by Gasteiger charge is 2.15. The average Bonchev–Trinajstić information content (AvgIpc) is 2.43. The van der Waals surface area contributed by atoms with E-state index in [4.69, 9.17) is 10.5 Å². The Bertz CT molecular complexity index is 447. The molecule has 0 aliphatic heterocycles. The first-order chi connectivity index (χ1) is 9.54. The lowest BCUT2D eigenvalue weighted by molar-refractivity contribution is -0.121. The van der Waals surface area contributed by atoms with E-state index < -0.39 is 0 Å². The molecule has 0 unspecified atom stereocenters. The van der Waals surface area contributed by atoms with Crippen LogP contribution in [0.5, 0.6) is 0 Å². The number of nitrogens with one attached hydrogen (secondary N) is 1. The van der Waals surface area contributed by atoms with Crippen LogP contribution >= 0.6 is 0 Å². The third kappa shape index (κ3) is 5.23. The van der Waals surface area contributed by atoms with E-state index in [9.17, 15) is 9.59 Å². The van der Waals surface area contributed by atoms with E-state index in [-0.39, 0.29) is 24.1 Å². The largest absolute Gasteiger partial charge is 0.397 e. The summed E-state index contributed by atoms with van der Waals surface area (Å²) in [4.78, 5) is 28.8. The van der Waals surface area contributed by atoms with Crippen LogP contribution in [0.4, 0.5) is 5.69 Å². The number of hydrogen-bond acceptors (Lipinski definition) is 5. The molecule has 0 aliphatic carbocycles. The van der Waals surface area contributed by atoms with Crippen LogP contribution in [0.15, 0.2) is 18.3 Å². The third-order valence-electron chi connectivity index (χ3n) is 2.58. The van der Waals surface area contributed by atoms with Gasteiger partial charge in [-0.25, -0.2) is 4.98 Å². The molecule has 1 rings (SSSR count). The van der Waals surface area contributed by atoms with Gasteiger partial charge in [-0.05, 0) is 18.6 Å². The normalized spacial score (nSPS) is 10.1. The molecule has 0 aliphatic rings. The Morgan fingerprint density at radius 2 is 2.20 bits per heavy atom. The van der Waals surface area contributed by atoms with Gasteiger partial charge >= 0.3 is 0 Å². The zero-order chi connectivity index (χ0) is 15.0. The summed E-state index contributed by atoms with van der Waals surface area (Å²) in [5, 5.41) is 2.71. The van der Waals surface area contributed by atoms with Gasteiger partial charge in [-0.15, -0.1) is 0 Å². The van der Waals surface area contributed by atoms with E-state index in [1.54, 1.807) is 20.2 Å². The molecule has 7 nitrogen and oxygen atoms in total. The van der Waals surface area contributed by atoms with Gasteiger partial charge in [0.2, 0.25) is 5.91 Å². The monoisotopic (exact) mass is 280 g/mol. The molecule has 0 saturated heterocycles. The van der Waals surface area contributed by atoms with Crippen molar-refractivity contribution in [1.29, 1.82) is 0 Å². The molecule has 110 valence electrons. The number of hydrogen-bond donors (Lipinski definition) is 2. The minimum absolute atomic E-state index is 0.0160. The van der Waals surface area contributed by atoms with Gasteiger partial charge in [0.1, 0.15) is 5.69 Å². The van der Waals surface area contributed by atoms with Crippen molar-refractivity contribution in [2.75, 3.05) is 39.6 Å². The van der Waals surface area contributed by atoms with Gasteiger partial charge < -0.3 is 20.7 Å². The summed E-state index contributed by atoms with van der Waals surface area (Å²) >= 11 is 0. The predicted octanol–water partition coefficient (Wildman–Crippen LogP) is -0.111. The second-order valence-corrected chi connectivity index (χ2v) is 4.33. The van der Waals surface area contributed by atoms with Crippen LogP contribution in [0.1, 0.15) is 16.9 Å². The van der Waals surface area contributed by atoms with Crippen LogP contribution in [0.3, 0.4) is 0 Å². The van der Waals surface area contributed by atoms with Crippen molar-refractivity contribution in [3.63, 3.8) is 0 Å². The van der Waals surface area contributed by atoms with Crippen LogP contribution < -0.4 is 11.1 Å². The molecule has 0 bridgehead atoms. The fourth-order valence-corrected chi connectivity index (χ4v) is 1.51.